The second-order valence-corrected chi connectivity index (χ2v) is 5.26. The van der Waals surface area contributed by atoms with Gasteiger partial charge in [-0.3, -0.25) is 9.59 Å². The number of aliphatic carboxylic acids is 1. The molecule has 0 unspecified atom stereocenters. The lowest BCUT2D eigenvalue weighted by atomic mass is 10.00. The fourth-order valence-corrected chi connectivity index (χ4v) is 1.93. The summed E-state index contributed by atoms with van der Waals surface area (Å²) in [5.74, 6) is -1.50. The number of carbonyl (C=O) groups is 2. The van der Waals surface area contributed by atoms with Crippen LogP contribution in [0, 0.1) is 18.7 Å². The number of carboxylic acids is 1. The Bertz CT molecular complexity index is 500. The number of benzene rings is 1. The maximum Gasteiger partial charge on any atom is 0.305 e. The number of hydrogen-bond acceptors (Lipinski definition) is 2. The molecule has 0 fully saturated rings. The van der Waals surface area contributed by atoms with E-state index in [1.807, 2.05) is 13.8 Å². The van der Waals surface area contributed by atoms with E-state index in [4.69, 9.17) is 5.11 Å². The van der Waals surface area contributed by atoms with Gasteiger partial charge in [-0.05, 0) is 36.1 Å². The zero-order valence-electron chi connectivity index (χ0n) is 11.9. The standard InChI is InChI=1S/C15H20FNO3/c1-9(2)13(8-15(19)20)17-14(18)7-11-4-5-12(16)6-10(11)3/h4-6,9,13H,7-8H2,1-3H3,(H,17,18)(H,19,20)/t13-/m1/s1. The van der Waals surface area contributed by atoms with E-state index in [-0.39, 0.29) is 30.5 Å². The molecule has 1 rings (SSSR count). The highest BCUT2D eigenvalue weighted by molar-refractivity contribution is 5.80. The van der Waals surface area contributed by atoms with E-state index in [2.05, 4.69) is 5.32 Å². The summed E-state index contributed by atoms with van der Waals surface area (Å²) in [6.45, 7) is 5.46. The Morgan fingerprint density at radius 1 is 1.35 bits per heavy atom. The van der Waals surface area contributed by atoms with Gasteiger partial charge in [0.15, 0.2) is 0 Å². The van der Waals surface area contributed by atoms with Gasteiger partial charge in [0.05, 0.1) is 12.8 Å². The summed E-state index contributed by atoms with van der Waals surface area (Å²) in [6.07, 6.45) is 0.0146. The highest BCUT2D eigenvalue weighted by Gasteiger charge is 2.19. The Labute approximate surface area is 118 Å². The molecule has 1 aromatic carbocycles. The predicted molar refractivity (Wildman–Crippen MR) is 73.9 cm³/mol. The average Bonchev–Trinajstić information content (AvgIpc) is 2.31. The fourth-order valence-electron chi connectivity index (χ4n) is 1.93. The molecule has 0 saturated carbocycles. The lowest BCUT2D eigenvalue weighted by molar-refractivity contribution is -0.138. The van der Waals surface area contributed by atoms with Crippen molar-refractivity contribution in [3.05, 3.63) is 35.1 Å². The minimum Gasteiger partial charge on any atom is -0.481 e. The highest BCUT2D eigenvalue weighted by atomic mass is 19.1. The van der Waals surface area contributed by atoms with Crippen molar-refractivity contribution in [2.45, 2.75) is 39.7 Å². The van der Waals surface area contributed by atoms with E-state index in [1.165, 1.54) is 12.1 Å². The molecule has 4 nitrogen and oxygen atoms in total. The summed E-state index contributed by atoms with van der Waals surface area (Å²) >= 11 is 0. The average molecular weight is 281 g/mol. The number of halogens is 1. The first-order valence-corrected chi connectivity index (χ1v) is 6.55. The van der Waals surface area contributed by atoms with Crippen LogP contribution in [0.5, 0.6) is 0 Å². The lowest BCUT2D eigenvalue weighted by Crippen LogP contribution is -2.40. The smallest absolute Gasteiger partial charge is 0.305 e. The first-order chi connectivity index (χ1) is 9.29. The summed E-state index contributed by atoms with van der Waals surface area (Å²) in [7, 11) is 0. The first-order valence-electron chi connectivity index (χ1n) is 6.55. The summed E-state index contributed by atoms with van der Waals surface area (Å²) in [6, 6.07) is 3.86. The number of nitrogens with one attached hydrogen (secondary N) is 1. The second kappa shape index (κ2) is 7.03. The summed E-state index contributed by atoms with van der Waals surface area (Å²) in [5, 5.41) is 11.5. The third-order valence-electron chi connectivity index (χ3n) is 3.20. The lowest BCUT2D eigenvalue weighted by Gasteiger charge is -2.20. The monoisotopic (exact) mass is 281 g/mol. The summed E-state index contributed by atoms with van der Waals surface area (Å²) in [4.78, 5) is 22.7. The van der Waals surface area contributed by atoms with E-state index in [1.54, 1.807) is 13.0 Å². The van der Waals surface area contributed by atoms with Crippen LogP contribution in [0.15, 0.2) is 18.2 Å². The van der Waals surface area contributed by atoms with Gasteiger partial charge >= 0.3 is 5.97 Å². The fraction of sp³-hybridized carbons (Fsp3) is 0.467. The number of amides is 1. The third kappa shape index (κ3) is 4.99. The van der Waals surface area contributed by atoms with Gasteiger partial charge < -0.3 is 10.4 Å². The molecule has 0 heterocycles. The van der Waals surface area contributed by atoms with E-state index in [9.17, 15) is 14.0 Å². The molecule has 1 atom stereocenters. The van der Waals surface area contributed by atoms with E-state index >= 15 is 0 Å². The van der Waals surface area contributed by atoms with E-state index < -0.39 is 12.0 Å². The molecular formula is C15H20FNO3. The Kier molecular flexibility index (Phi) is 5.67. The van der Waals surface area contributed by atoms with Crippen LogP contribution >= 0.6 is 0 Å². The van der Waals surface area contributed by atoms with Crippen LogP contribution in [-0.2, 0) is 16.0 Å². The van der Waals surface area contributed by atoms with Crippen molar-refractivity contribution in [3.8, 4) is 0 Å². The van der Waals surface area contributed by atoms with Crippen molar-refractivity contribution < 1.29 is 19.1 Å². The number of aryl methyl sites for hydroxylation is 1. The molecule has 1 amide bonds. The van der Waals surface area contributed by atoms with Crippen molar-refractivity contribution in [2.75, 3.05) is 0 Å². The Balaban J connectivity index is 2.68. The summed E-state index contributed by atoms with van der Waals surface area (Å²) < 4.78 is 13.0. The van der Waals surface area contributed by atoms with Gasteiger partial charge in [0.2, 0.25) is 5.91 Å². The topological polar surface area (TPSA) is 66.4 Å². The van der Waals surface area contributed by atoms with Crippen LogP contribution in [0.4, 0.5) is 4.39 Å². The molecular weight excluding hydrogens is 261 g/mol. The highest BCUT2D eigenvalue weighted by Crippen LogP contribution is 2.12. The number of hydrogen-bond donors (Lipinski definition) is 2. The zero-order chi connectivity index (χ0) is 15.3. The van der Waals surface area contributed by atoms with Crippen molar-refractivity contribution in [3.63, 3.8) is 0 Å². The van der Waals surface area contributed by atoms with Crippen LogP contribution in [0.25, 0.3) is 0 Å². The molecule has 110 valence electrons. The molecule has 0 aliphatic carbocycles. The van der Waals surface area contributed by atoms with Crippen LogP contribution in [0.3, 0.4) is 0 Å². The van der Waals surface area contributed by atoms with Crippen molar-refractivity contribution in [2.24, 2.45) is 5.92 Å². The van der Waals surface area contributed by atoms with E-state index in [0.29, 0.717) is 5.56 Å². The zero-order valence-corrected chi connectivity index (χ0v) is 11.9. The van der Waals surface area contributed by atoms with Crippen LogP contribution in [0.2, 0.25) is 0 Å². The molecule has 0 aliphatic rings. The van der Waals surface area contributed by atoms with Gasteiger partial charge in [0.1, 0.15) is 5.82 Å². The van der Waals surface area contributed by atoms with Gasteiger partial charge in [-0.25, -0.2) is 4.39 Å². The Morgan fingerprint density at radius 2 is 2.00 bits per heavy atom. The predicted octanol–water partition coefficient (Wildman–Crippen LogP) is 2.29. The minimum atomic E-state index is -0.943. The SMILES string of the molecule is Cc1cc(F)ccc1CC(=O)N[C@H](CC(=O)O)C(C)C. The van der Waals surface area contributed by atoms with Gasteiger partial charge in [0.25, 0.3) is 0 Å². The molecule has 20 heavy (non-hydrogen) atoms. The number of rotatable bonds is 6. The van der Waals surface area contributed by atoms with Crippen LogP contribution in [-0.4, -0.2) is 23.0 Å². The number of carbonyl (C=O) groups excluding carboxylic acids is 1. The van der Waals surface area contributed by atoms with E-state index in [0.717, 1.165) is 5.56 Å². The van der Waals surface area contributed by atoms with Crippen molar-refractivity contribution in [1.82, 2.24) is 5.32 Å². The van der Waals surface area contributed by atoms with Crippen molar-refractivity contribution >= 4 is 11.9 Å². The molecule has 2 N–H and O–H groups in total. The molecule has 0 aromatic heterocycles. The minimum absolute atomic E-state index is 0.0318. The molecule has 0 saturated heterocycles. The molecule has 5 heteroatoms. The van der Waals surface area contributed by atoms with Gasteiger partial charge in [0, 0.05) is 6.04 Å². The maximum atomic E-state index is 13.0. The first kappa shape index (κ1) is 16.1. The molecule has 0 bridgehead atoms. The maximum absolute atomic E-state index is 13.0. The molecule has 0 spiro atoms. The Morgan fingerprint density at radius 3 is 2.50 bits per heavy atom. The normalized spacial score (nSPS) is 12.2. The van der Waals surface area contributed by atoms with Crippen LogP contribution < -0.4 is 5.32 Å². The Hall–Kier alpha value is -1.91. The molecule has 1 aromatic rings. The van der Waals surface area contributed by atoms with Crippen molar-refractivity contribution in [1.29, 1.82) is 0 Å². The molecule has 0 radical (unpaired) electrons. The quantitative estimate of drug-likeness (QED) is 0.840. The van der Waals surface area contributed by atoms with Gasteiger partial charge in [-0.2, -0.15) is 0 Å². The van der Waals surface area contributed by atoms with Crippen LogP contribution in [0.1, 0.15) is 31.4 Å². The second-order valence-electron chi connectivity index (χ2n) is 5.26. The summed E-state index contributed by atoms with van der Waals surface area (Å²) in [5.41, 5.74) is 1.45. The van der Waals surface area contributed by atoms with Gasteiger partial charge in [-0.1, -0.05) is 19.9 Å². The molecule has 0 aliphatic heterocycles. The largest absolute Gasteiger partial charge is 0.481 e. The third-order valence-corrected chi connectivity index (χ3v) is 3.20. The van der Waals surface area contributed by atoms with Gasteiger partial charge in [-0.15, -0.1) is 0 Å². The number of carboxylic acid groups (broad SMARTS) is 1.